The van der Waals surface area contributed by atoms with Crippen LogP contribution in [0.15, 0.2) is 35.6 Å². The lowest BCUT2D eigenvalue weighted by atomic mass is 10.2. The number of halogens is 1. The Morgan fingerprint density at radius 2 is 1.93 bits per heavy atom. The molecule has 9 heteroatoms. The number of aryl methyl sites for hydroxylation is 1. The van der Waals surface area contributed by atoms with Crippen LogP contribution >= 0.6 is 24.0 Å². The lowest BCUT2D eigenvalue weighted by Gasteiger charge is -2.19. The number of aromatic nitrogens is 2. The second-order valence-electron chi connectivity index (χ2n) is 7.30. The van der Waals surface area contributed by atoms with Gasteiger partial charge >= 0.3 is 0 Å². The van der Waals surface area contributed by atoms with Gasteiger partial charge in [0.15, 0.2) is 5.96 Å². The topological polar surface area (TPSA) is 75.9 Å². The highest BCUT2D eigenvalue weighted by molar-refractivity contribution is 14.0. The maximum atomic E-state index is 5.39. The first kappa shape index (κ1) is 24.3. The molecule has 30 heavy (non-hydrogen) atoms. The molecule has 8 nitrogen and oxygen atoms in total. The van der Waals surface area contributed by atoms with Gasteiger partial charge in [0.2, 0.25) is 0 Å². The van der Waals surface area contributed by atoms with E-state index in [1.165, 1.54) is 5.56 Å². The Kier molecular flexibility index (Phi) is 9.70. The monoisotopic (exact) mass is 528 g/mol. The van der Waals surface area contributed by atoms with Crippen molar-refractivity contribution in [3.8, 4) is 11.5 Å². The molecule has 2 N–H and O–H groups in total. The minimum absolute atomic E-state index is 0. The molecular formula is C21H33IN6O2. The van der Waals surface area contributed by atoms with Gasteiger partial charge in [-0.2, -0.15) is 5.10 Å². The van der Waals surface area contributed by atoms with E-state index in [4.69, 9.17) is 14.5 Å². The summed E-state index contributed by atoms with van der Waals surface area (Å²) in [5, 5.41) is 11.1. The molecule has 166 valence electrons. The van der Waals surface area contributed by atoms with Crippen molar-refractivity contribution in [2.45, 2.75) is 32.5 Å². The van der Waals surface area contributed by atoms with E-state index in [2.05, 4.69) is 39.7 Å². The summed E-state index contributed by atoms with van der Waals surface area (Å²) in [6, 6.07) is 6.42. The van der Waals surface area contributed by atoms with Gasteiger partial charge in [-0.25, -0.2) is 4.99 Å². The van der Waals surface area contributed by atoms with E-state index in [0.29, 0.717) is 12.6 Å². The van der Waals surface area contributed by atoms with Gasteiger partial charge in [-0.1, -0.05) is 0 Å². The second kappa shape index (κ2) is 12.0. The van der Waals surface area contributed by atoms with Gasteiger partial charge < -0.3 is 20.1 Å². The van der Waals surface area contributed by atoms with Crippen LogP contribution in [0, 0.1) is 0 Å². The fourth-order valence-corrected chi connectivity index (χ4v) is 3.55. The molecule has 2 heterocycles. The van der Waals surface area contributed by atoms with Gasteiger partial charge in [0.1, 0.15) is 11.5 Å². The third-order valence-corrected chi connectivity index (χ3v) is 4.95. The summed E-state index contributed by atoms with van der Waals surface area (Å²) in [4.78, 5) is 7.15. The van der Waals surface area contributed by atoms with Crippen LogP contribution in [-0.2, 0) is 20.1 Å². The Balaban J connectivity index is 0.00000320. The summed E-state index contributed by atoms with van der Waals surface area (Å²) >= 11 is 0. The van der Waals surface area contributed by atoms with Crippen LogP contribution in [0.3, 0.4) is 0 Å². The number of rotatable bonds is 8. The number of nitrogens with zero attached hydrogens (tertiary/aromatic N) is 4. The Morgan fingerprint density at radius 3 is 2.53 bits per heavy atom. The minimum atomic E-state index is 0. The lowest BCUT2D eigenvalue weighted by molar-refractivity contribution is 0.321. The highest BCUT2D eigenvalue weighted by atomic mass is 127. The van der Waals surface area contributed by atoms with Gasteiger partial charge in [0.05, 0.1) is 27.0 Å². The van der Waals surface area contributed by atoms with Crippen LogP contribution < -0.4 is 20.1 Å². The number of ether oxygens (including phenoxy) is 2. The Labute approximate surface area is 196 Å². The summed E-state index contributed by atoms with van der Waals surface area (Å²) in [7, 11) is 5.28. The molecule has 0 spiro atoms. The molecule has 1 aromatic carbocycles. The number of hydrogen-bond donors (Lipinski definition) is 2. The Morgan fingerprint density at radius 1 is 1.20 bits per heavy atom. The zero-order chi connectivity index (χ0) is 20.6. The highest BCUT2D eigenvalue weighted by Gasteiger charge is 2.23. The van der Waals surface area contributed by atoms with Gasteiger partial charge in [-0.15, -0.1) is 24.0 Å². The molecule has 0 aliphatic carbocycles. The van der Waals surface area contributed by atoms with Crippen molar-refractivity contribution in [3.63, 3.8) is 0 Å². The molecule has 0 radical (unpaired) electrons. The van der Waals surface area contributed by atoms with Gasteiger partial charge in [-0.3, -0.25) is 9.58 Å². The first-order valence-corrected chi connectivity index (χ1v) is 10.1. The lowest BCUT2D eigenvalue weighted by Crippen LogP contribution is -2.44. The number of benzene rings is 1. The van der Waals surface area contributed by atoms with Crippen molar-refractivity contribution in [1.82, 2.24) is 25.3 Å². The predicted molar refractivity (Wildman–Crippen MR) is 130 cm³/mol. The van der Waals surface area contributed by atoms with Gasteiger partial charge in [-0.05, 0) is 31.0 Å². The minimum Gasteiger partial charge on any atom is -0.497 e. The quantitative estimate of drug-likeness (QED) is 0.312. The number of methoxy groups -OCH3 is 2. The zero-order valence-corrected chi connectivity index (χ0v) is 20.6. The van der Waals surface area contributed by atoms with E-state index < -0.39 is 0 Å². The van der Waals surface area contributed by atoms with Crippen LogP contribution in [-0.4, -0.2) is 60.5 Å². The smallest absolute Gasteiger partial charge is 0.191 e. The van der Waals surface area contributed by atoms with Crippen LogP contribution in [0.1, 0.15) is 24.5 Å². The molecular weight excluding hydrogens is 495 g/mol. The van der Waals surface area contributed by atoms with Crippen molar-refractivity contribution in [3.05, 3.63) is 41.7 Å². The molecule has 0 saturated carbocycles. The van der Waals surface area contributed by atoms with E-state index in [1.54, 1.807) is 18.9 Å². The van der Waals surface area contributed by atoms with Gasteiger partial charge in [0, 0.05) is 57.1 Å². The van der Waals surface area contributed by atoms with Crippen LogP contribution in [0.4, 0.5) is 0 Å². The van der Waals surface area contributed by atoms with E-state index in [1.807, 2.05) is 25.5 Å². The van der Waals surface area contributed by atoms with Crippen LogP contribution in [0.5, 0.6) is 11.5 Å². The number of hydrogen-bond acceptors (Lipinski definition) is 5. The third kappa shape index (κ3) is 7.05. The molecule has 3 rings (SSSR count). The molecule has 2 aromatic rings. The predicted octanol–water partition coefficient (Wildman–Crippen LogP) is 2.38. The summed E-state index contributed by atoms with van der Waals surface area (Å²) in [6.45, 7) is 6.41. The average molecular weight is 528 g/mol. The van der Waals surface area contributed by atoms with Crippen LogP contribution in [0.25, 0.3) is 0 Å². The normalized spacial score (nSPS) is 16.8. The molecule has 0 bridgehead atoms. The molecule has 1 aliphatic rings. The fourth-order valence-electron chi connectivity index (χ4n) is 3.55. The number of likely N-dealkylation sites (tertiary alicyclic amines) is 1. The summed E-state index contributed by atoms with van der Waals surface area (Å²) in [5.41, 5.74) is 2.30. The molecule has 1 atom stereocenters. The first-order chi connectivity index (χ1) is 14.1. The summed E-state index contributed by atoms with van der Waals surface area (Å²) in [6.07, 6.45) is 4.93. The largest absolute Gasteiger partial charge is 0.497 e. The maximum Gasteiger partial charge on any atom is 0.191 e. The molecule has 1 saturated heterocycles. The van der Waals surface area contributed by atoms with Crippen molar-refractivity contribution in [1.29, 1.82) is 0 Å². The zero-order valence-electron chi connectivity index (χ0n) is 18.2. The van der Waals surface area contributed by atoms with Crippen molar-refractivity contribution in [2.24, 2.45) is 12.0 Å². The second-order valence-corrected chi connectivity index (χ2v) is 7.30. The SMILES string of the molecule is CCNC(=NCc1cnn(C)c1)NC1CCN(Cc2cc(OC)cc(OC)c2)C1.I. The summed E-state index contributed by atoms with van der Waals surface area (Å²) < 4.78 is 12.6. The molecule has 1 aromatic heterocycles. The first-order valence-electron chi connectivity index (χ1n) is 10.1. The third-order valence-electron chi connectivity index (χ3n) is 4.95. The number of nitrogens with one attached hydrogen (secondary N) is 2. The summed E-state index contributed by atoms with van der Waals surface area (Å²) in [5.74, 6) is 2.50. The highest BCUT2D eigenvalue weighted by Crippen LogP contribution is 2.24. The van der Waals surface area contributed by atoms with Gasteiger partial charge in [0.25, 0.3) is 0 Å². The Hall–Kier alpha value is -2.01. The van der Waals surface area contributed by atoms with Crippen molar-refractivity contribution >= 4 is 29.9 Å². The number of guanidine groups is 1. The van der Waals surface area contributed by atoms with Crippen LogP contribution in [0.2, 0.25) is 0 Å². The average Bonchev–Trinajstić information content (AvgIpc) is 3.34. The molecule has 1 fully saturated rings. The van der Waals surface area contributed by atoms with Crippen molar-refractivity contribution < 1.29 is 9.47 Å². The number of aliphatic imine (C=N–C) groups is 1. The van der Waals surface area contributed by atoms with E-state index >= 15 is 0 Å². The molecule has 0 amide bonds. The molecule has 1 unspecified atom stereocenters. The maximum absolute atomic E-state index is 5.39. The van der Waals surface area contributed by atoms with E-state index in [9.17, 15) is 0 Å². The van der Waals surface area contributed by atoms with E-state index in [0.717, 1.165) is 55.6 Å². The fraction of sp³-hybridized carbons (Fsp3) is 0.524. The standard InChI is InChI=1S/C21H32N6O2.HI/c1-5-22-21(23-11-17-12-24-26(2)13-17)25-18-6-7-27(15-18)14-16-8-19(28-3)10-20(9-16)29-4;/h8-10,12-13,18H,5-7,11,14-15H2,1-4H3,(H2,22,23,25);1H. The van der Waals surface area contributed by atoms with Crippen molar-refractivity contribution in [2.75, 3.05) is 33.9 Å². The Bertz CT molecular complexity index is 803. The van der Waals surface area contributed by atoms with E-state index in [-0.39, 0.29) is 24.0 Å². The molecule has 1 aliphatic heterocycles.